The van der Waals surface area contributed by atoms with Gasteiger partial charge in [0.05, 0.1) is 16.3 Å². The van der Waals surface area contributed by atoms with E-state index in [-0.39, 0.29) is 16.3 Å². The molecule has 1 N–H and O–H groups in total. The van der Waals surface area contributed by atoms with Crippen molar-refractivity contribution in [3.8, 4) is 0 Å². The molecule has 30 heavy (non-hydrogen) atoms. The van der Waals surface area contributed by atoms with E-state index in [4.69, 9.17) is 0 Å². The highest BCUT2D eigenvalue weighted by atomic mass is 79.9. The molecule has 156 valence electrons. The molecule has 5 nitrogen and oxygen atoms in total. The summed E-state index contributed by atoms with van der Waals surface area (Å²) in [4.78, 5) is 12.2. The zero-order valence-electron chi connectivity index (χ0n) is 15.2. The third kappa shape index (κ3) is 5.00. The Bertz CT molecular complexity index is 1170. The summed E-state index contributed by atoms with van der Waals surface area (Å²) in [7, 11) is -4.31. The second kappa shape index (κ2) is 8.88. The Morgan fingerprint density at radius 1 is 0.900 bits per heavy atom. The molecule has 0 atom stereocenters. The Labute approximate surface area is 179 Å². The summed E-state index contributed by atoms with van der Waals surface area (Å²) in [6.45, 7) is -0.721. The summed E-state index contributed by atoms with van der Waals surface area (Å²) in [5.74, 6) is -2.77. The van der Waals surface area contributed by atoms with Crippen LogP contribution in [0.3, 0.4) is 0 Å². The SMILES string of the molecule is O=C(CN(c1ccc(F)cc1)S(=O)(=O)c1ccc(F)cc1)Nc1ccc(Br)cc1F. The molecule has 10 heteroatoms. The van der Waals surface area contributed by atoms with Crippen LogP contribution < -0.4 is 9.62 Å². The molecule has 0 aliphatic carbocycles. The second-order valence-electron chi connectivity index (χ2n) is 6.11. The van der Waals surface area contributed by atoms with Gasteiger partial charge in [-0.3, -0.25) is 9.10 Å². The molecule has 0 aliphatic rings. The van der Waals surface area contributed by atoms with Crippen molar-refractivity contribution in [2.24, 2.45) is 0 Å². The molecular weight excluding hydrogens is 485 g/mol. The number of hydrogen-bond acceptors (Lipinski definition) is 3. The monoisotopic (exact) mass is 498 g/mol. The van der Waals surface area contributed by atoms with Crippen LogP contribution in [0, 0.1) is 17.5 Å². The van der Waals surface area contributed by atoms with Crippen molar-refractivity contribution in [3.05, 3.63) is 88.7 Å². The Hall–Kier alpha value is -2.85. The van der Waals surface area contributed by atoms with E-state index in [0.717, 1.165) is 46.8 Å². The van der Waals surface area contributed by atoms with Crippen LogP contribution in [0.15, 0.2) is 76.1 Å². The van der Waals surface area contributed by atoms with Gasteiger partial charge in [-0.2, -0.15) is 0 Å². The number of benzene rings is 3. The van der Waals surface area contributed by atoms with Crippen molar-refractivity contribution in [3.63, 3.8) is 0 Å². The summed E-state index contributed by atoms with van der Waals surface area (Å²) in [6.07, 6.45) is 0. The van der Waals surface area contributed by atoms with E-state index in [0.29, 0.717) is 4.47 Å². The third-order valence-corrected chi connectivity index (χ3v) is 6.29. The summed E-state index contributed by atoms with van der Waals surface area (Å²) in [5.41, 5.74) is -0.131. The Morgan fingerprint density at radius 2 is 1.47 bits per heavy atom. The number of halogens is 4. The van der Waals surface area contributed by atoms with Crippen LogP contribution in [0.5, 0.6) is 0 Å². The number of hydrogen-bond donors (Lipinski definition) is 1. The fraction of sp³-hybridized carbons (Fsp3) is 0.0500. The number of carbonyl (C=O) groups is 1. The largest absolute Gasteiger partial charge is 0.322 e. The summed E-state index contributed by atoms with van der Waals surface area (Å²) in [6, 6.07) is 12.4. The van der Waals surface area contributed by atoms with E-state index in [9.17, 15) is 26.4 Å². The number of carbonyl (C=O) groups excluding carboxylic acids is 1. The van der Waals surface area contributed by atoms with E-state index in [2.05, 4.69) is 21.2 Å². The smallest absolute Gasteiger partial charge is 0.264 e. The zero-order chi connectivity index (χ0) is 21.9. The van der Waals surface area contributed by atoms with Crippen molar-refractivity contribution < 1.29 is 26.4 Å². The van der Waals surface area contributed by atoms with Crippen LogP contribution >= 0.6 is 15.9 Å². The van der Waals surface area contributed by atoms with Gasteiger partial charge in [-0.1, -0.05) is 15.9 Å². The zero-order valence-corrected chi connectivity index (χ0v) is 17.6. The van der Waals surface area contributed by atoms with Crippen LogP contribution in [-0.2, 0) is 14.8 Å². The van der Waals surface area contributed by atoms with Crippen LogP contribution in [-0.4, -0.2) is 20.9 Å². The van der Waals surface area contributed by atoms with E-state index in [1.807, 2.05) is 0 Å². The molecule has 0 spiro atoms. The first-order valence-electron chi connectivity index (χ1n) is 8.45. The fourth-order valence-corrected chi connectivity index (χ4v) is 4.32. The molecule has 0 unspecified atom stereocenters. The first-order valence-corrected chi connectivity index (χ1v) is 10.7. The molecule has 3 aromatic rings. The van der Waals surface area contributed by atoms with E-state index in [1.54, 1.807) is 0 Å². The van der Waals surface area contributed by atoms with Gasteiger partial charge in [0.1, 0.15) is 24.0 Å². The maximum absolute atomic E-state index is 14.0. The highest BCUT2D eigenvalue weighted by molar-refractivity contribution is 9.10. The van der Waals surface area contributed by atoms with Crippen LogP contribution in [0.4, 0.5) is 24.5 Å². The maximum Gasteiger partial charge on any atom is 0.264 e. The highest BCUT2D eigenvalue weighted by Gasteiger charge is 2.27. The number of anilines is 2. The van der Waals surface area contributed by atoms with Gasteiger partial charge in [0, 0.05) is 4.47 Å². The van der Waals surface area contributed by atoms with Crippen LogP contribution in [0.25, 0.3) is 0 Å². The predicted octanol–water partition coefficient (Wildman–Crippen LogP) is 4.70. The first-order chi connectivity index (χ1) is 14.2. The second-order valence-corrected chi connectivity index (χ2v) is 8.89. The van der Waals surface area contributed by atoms with Gasteiger partial charge in [0.25, 0.3) is 10.0 Å². The minimum Gasteiger partial charge on any atom is -0.322 e. The lowest BCUT2D eigenvalue weighted by atomic mass is 10.3. The molecule has 1 amide bonds. The van der Waals surface area contributed by atoms with Gasteiger partial charge in [0.2, 0.25) is 5.91 Å². The molecule has 0 saturated heterocycles. The molecule has 0 aromatic heterocycles. The fourth-order valence-electron chi connectivity index (χ4n) is 2.57. The van der Waals surface area contributed by atoms with Gasteiger partial charge >= 0.3 is 0 Å². The number of nitrogens with zero attached hydrogens (tertiary/aromatic N) is 1. The van der Waals surface area contributed by atoms with E-state index < -0.39 is 39.9 Å². The Morgan fingerprint density at radius 3 is 2.03 bits per heavy atom. The van der Waals surface area contributed by atoms with Gasteiger partial charge in [-0.15, -0.1) is 0 Å². The summed E-state index contributed by atoms with van der Waals surface area (Å²) < 4.78 is 67.9. The predicted molar refractivity (Wildman–Crippen MR) is 110 cm³/mol. The van der Waals surface area contributed by atoms with Crippen molar-refractivity contribution >= 4 is 43.2 Å². The molecule has 0 fully saturated rings. The quantitative estimate of drug-likeness (QED) is 0.535. The van der Waals surface area contributed by atoms with Crippen LogP contribution in [0.2, 0.25) is 0 Å². The van der Waals surface area contributed by atoms with Crippen molar-refractivity contribution in [1.29, 1.82) is 0 Å². The lowest BCUT2D eigenvalue weighted by molar-refractivity contribution is -0.114. The van der Waals surface area contributed by atoms with Crippen molar-refractivity contribution in [2.45, 2.75) is 4.90 Å². The topological polar surface area (TPSA) is 66.5 Å². The molecule has 0 aliphatic heterocycles. The Balaban J connectivity index is 1.94. The molecule has 3 rings (SSSR count). The standard InChI is InChI=1S/C20H14BrF3N2O3S/c21-13-1-10-19(18(24)11-13)25-20(27)12-26(16-6-2-14(22)3-7-16)30(28,29)17-8-4-15(23)5-9-17/h1-11H,12H2,(H,25,27). The lowest BCUT2D eigenvalue weighted by Crippen LogP contribution is -2.38. The average molecular weight is 499 g/mol. The maximum atomic E-state index is 14.0. The van der Waals surface area contributed by atoms with Crippen molar-refractivity contribution in [1.82, 2.24) is 0 Å². The number of nitrogens with one attached hydrogen (secondary N) is 1. The molecule has 3 aromatic carbocycles. The van der Waals surface area contributed by atoms with Crippen LogP contribution in [0.1, 0.15) is 0 Å². The molecule has 0 heterocycles. The number of amides is 1. The number of rotatable bonds is 6. The molecule has 0 saturated carbocycles. The minimum atomic E-state index is -4.31. The average Bonchev–Trinajstić information content (AvgIpc) is 2.69. The van der Waals surface area contributed by atoms with E-state index in [1.165, 1.54) is 24.3 Å². The van der Waals surface area contributed by atoms with Crippen molar-refractivity contribution in [2.75, 3.05) is 16.2 Å². The normalized spacial score (nSPS) is 11.2. The lowest BCUT2D eigenvalue weighted by Gasteiger charge is -2.24. The highest BCUT2D eigenvalue weighted by Crippen LogP contribution is 2.25. The van der Waals surface area contributed by atoms with Gasteiger partial charge < -0.3 is 5.32 Å². The molecule has 0 radical (unpaired) electrons. The first kappa shape index (κ1) is 21.8. The van der Waals surface area contributed by atoms with E-state index >= 15 is 0 Å². The van der Waals surface area contributed by atoms with Gasteiger partial charge in [-0.05, 0) is 66.7 Å². The summed E-state index contributed by atoms with van der Waals surface area (Å²) >= 11 is 3.10. The summed E-state index contributed by atoms with van der Waals surface area (Å²) in [5, 5.41) is 2.31. The Kier molecular flexibility index (Phi) is 6.47. The third-order valence-electron chi connectivity index (χ3n) is 4.01. The molecular formula is C20H14BrF3N2O3S. The van der Waals surface area contributed by atoms with Gasteiger partial charge in [-0.25, -0.2) is 21.6 Å². The molecule has 0 bridgehead atoms. The number of sulfonamides is 1. The minimum absolute atomic E-state index is 0.00662. The van der Waals surface area contributed by atoms with Gasteiger partial charge in [0.15, 0.2) is 0 Å².